The van der Waals surface area contributed by atoms with E-state index >= 15 is 0 Å². The summed E-state index contributed by atoms with van der Waals surface area (Å²) >= 11 is 0. The summed E-state index contributed by atoms with van der Waals surface area (Å²) in [6.07, 6.45) is 0.480. The topological polar surface area (TPSA) is 83.8 Å². The molecule has 5 nitrogen and oxygen atoms in total. The fourth-order valence-corrected chi connectivity index (χ4v) is 0.263. The number of rotatable bonds is 2. The van der Waals surface area contributed by atoms with Crippen molar-refractivity contribution in [3.8, 4) is 0 Å². The maximum atomic E-state index is 10.2. The molecule has 0 fully saturated rings. The molecule has 0 aromatic carbocycles. The van der Waals surface area contributed by atoms with E-state index in [-0.39, 0.29) is 5.97 Å². The lowest BCUT2D eigenvalue weighted by molar-refractivity contribution is -0.142. The number of esters is 1. The van der Waals surface area contributed by atoms with Crippen LogP contribution < -0.4 is 0 Å². The third kappa shape index (κ3) is 26.4. The zero-order valence-corrected chi connectivity index (χ0v) is 7.38. The largest absolute Gasteiger partial charge is 0.692 e. The van der Waals surface area contributed by atoms with E-state index in [0.717, 1.165) is 0 Å². The van der Waals surface area contributed by atoms with Crippen molar-refractivity contribution >= 4 is 14.2 Å². The van der Waals surface area contributed by atoms with Crippen molar-refractivity contribution in [3.05, 3.63) is 0 Å². The summed E-state index contributed by atoms with van der Waals surface area (Å²) in [5.74, 6) is -0.123. The Morgan fingerprint density at radius 3 is 1.91 bits per heavy atom. The molecule has 0 radical (unpaired) electrons. The van der Waals surface area contributed by atoms with Crippen LogP contribution in [0.25, 0.3) is 0 Å². The van der Waals surface area contributed by atoms with Crippen LogP contribution >= 0.6 is 8.25 Å². The second-order valence-corrected chi connectivity index (χ2v) is 1.92. The van der Waals surface area contributed by atoms with Crippen LogP contribution in [0.15, 0.2) is 0 Å². The lowest BCUT2D eigenvalue weighted by Crippen LogP contribution is -2.00. The van der Waals surface area contributed by atoms with Crippen molar-refractivity contribution in [1.82, 2.24) is 0 Å². The summed E-state index contributed by atoms with van der Waals surface area (Å²) in [6, 6.07) is 0. The molecular weight excluding hydrogens is 171 g/mol. The van der Waals surface area contributed by atoms with Crippen LogP contribution in [0.3, 0.4) is 0 Å². The molecule has 0 aromatic rings. The highest BCUT2D eigenvalue weighted by molar-refractivity contribution is 7.30. The SMILES string of the molecule is CCOC(=O)CC.O=[P+](O)O. The molecule has 0 saturated carbocycles. The molecular formula is C5H12O5P+. The average molecular weight is 183 g/mol. The minimum atomic E-state index is -2.87. The number of carbonyl (C=O) groups is 1. The number of hydrogen-bond donors (Lipinski definition) is 2. The highest BCUT2D eigenvalue weighted by Gasteiger charge is 1.93. The second kappa shape index (κ2) is 9.49. The molecule has 0 saturated heterocycles. The fraction of sp³-hybridized carbons (Fsp3) is 0.800. The predicted molar refractivity (Wildman–Crippen MR) is 39.0 cm³/mol. The zero-order chi connectivity index (χ0) is 9.28. The molecule has 66 valence electrons. The van der Waals surface area contributed by atoms with Gasteiger partial charge in [0.1, 0.15) is 0 Å². The number of hydrogen-bond acceptors (Lipinski definition) is 3. The summed E-state index contributed by atoms with van der Waals surface area (Å²) < 4.78 is 13.3. The molecule has 0 heterocycles. The van der Waals surface area contributed by atoms with Crippen LogP contribution in [0.2, 0.25) is 0 Å². The van der Waals surface area contributed by atoms with Crippen molar-refractivity contribution in [1.29, 1.82) is 0 Å². The van der Waals surface area contributed by atoms with Crippen LogP contribution in [-0.4, -0.2) is 22.4 Å². The third-order valence-corrected chi connectivity index (χ3v) is 0.594. The second-order valence-electron chi connectivity index (χ2n) is 1.41. The first kappa shape index (κ1) is 13.1. The van der Waals surface area contributed by atoms with Gasteiger partial charge in [-0.1, -0.05) is 6.92 Å². The van der Waals surface area contributed by atoms with Crippen LogP contribution in [-0.2, 0) is 14.1 Å². The van der Waals surface area contributed by atoms with Crippen LogP contribution in [0.4, 0.5) is 0 Å². The van der Waals surface area contributed by atoms with Gasteiger partial charge in [0.05, 0.1) is 6.61 Å². The van der Waals surface area contributed by atoms with E-state index in [4.69, 9.17) is 14.4 Å². The van der Waals surface area contributed by atoms with Crippen molar-refractivity contribution in [2.24, 2.45) is 0 Å². The Morgan fingerprint density at radius 1 is 1.45 bits per heavy atom. The van der Waals surface area contributed by atoms with Gasteiger partial charge in [0, 0.05) is 11.0 Å². The smallest absolute Gasteiger partial charge is 0.466 e. The Kier molecular flexibility index (Phi) is 11.3. The fourth-order valence-electron chi connectivity index (χ4n) is 0.263. The molecule has 0 aliphatic carbocycles. The van der Waals surface area contributed by atoms with Crippen LogP contribution in [0.1, 0.15) is 20.3 Å². The first-order valence-corrected chi connectivity index (χ1v) is 4.21. The molecule has 0 aliphatic heterocycles. The monoisotopic (exact) mass is 183 g/mol. The Morgan fingerprint density at radius 2 is 1.82 bits per heavy atom. The summed E-state index contributed by atoms with van der Waals surface area (Å²) in [5.41, 5.74) is 0. The van der Waals surface area contributed by atoms with E-state index in [1.807, 2.05) is 0 Å². The standard InChI is InChI=1S/C5H10O2.HO3P/c1-3-5(6)7-4-2;1-4(2)3/h3-4H2,1-2H3;(H-,1,2,3)/p+1. The van der Waals surface area contributed by atoms with Gasteiger partial charge in [-0.3, -0.25) is 4.79 Å². The summed E-state index contributed by atoms with van der Waals surface area (Å²) in [5, 5.41) is 0. The molecule has 0 unspecified atom stereocenters. The highest BCUT2D eigenvalue weighted by atomic mass is 31.1. The van der Waals surface area contributed by atoms with Crippen LogP contribution in [0.5, 0.6) is 0 Å². The van der Waals surface area contributed by atoms with E-state index in [9.17, 15) is 4.79 Å². The molecule has 6 heteroatoms. The van der Waals surface area contributed by atoms with Gasteiger partial charge in [-0.15, -0.1) is 9.79 Å². The maximum absolute atomic E-state index is 10.2. The van der Waals surface area contributed by atoms with Gasteiger partial charge in [0.15, 0.2) is 0 Å². The summed E-state index contributed by atoms with van der Waals surface area (Å²) in [4.78, 5) is 24.4. The number of ether oxygens (including phenoxy) is 1. The predicted octanol–water partition coefficient (Wildman–Crippen LogP) is 0.588. The first-order chi connectivity index (χ1) is 5.04. The minimum Gasteiger partial charge on any atom is -0.466 e. The van der Waals surface area contributed by atoms with Gasteiger partial charge in [0.25, 0.3) is 0 Å². The van der Waals surface area contributed by atoms with Crippen molar-refractivity contribution in [3.63, 3.8) is 0 Å². The van der Waals surface area contributed by atoms with Crippen LogP contribution in [0, 0.1) is 0 Å². The van der Waals surface area contributed by atoms with Crippen molar-refractivity contribution < 1.29 is 23.9 Å². The maximum Gasteiger partial charge on any atom is 0.692 e. The van der Waals surface area contributed by atoms with Gasteiger partial charge in [-0.2, -0.15) is 0 Å². The Balaban J connectivity index is 0. The minimum absolute atomic E-state index is 0.123. The van der Waals surface area contributed by atoms with Gasteiger partial charge in [0.2, 0.25) is 0 Å². The van der Waals surface area contributed by atoms with E-state index in [1.165, 1.54) is 0 Å². The van der Waals surface area contributed by atoms with Gasteiger partial charge < -0.3 is 4.74 Å². The van der Waals surface area contributed by atoms with E-state index < -0.39 is 8.25 Å². The Labute approximate surface area is 65.9 Å². The molecule has 0 rings (SSSR count). The normalized spacial score (nSPS) is 7.64. The highest BCUT2D eigenvalue weighted by Crippen LogP contribution is 1.98. The molecule has 0 aromatic heterocycles. The van der Waals surface area contributed by atoms with E-state index in [0.29, 0.717) is 13.0 Å². The molecule has 0 atom stereocenters. The average Bonchev–Trinajstić information content (AvgIpc) is 1.87. The molecule has 0 aliphatic rings. The van der Waals surface area contributed by atoms with Gasteiger partial charge >= 0.3 is 14.2 Å². The number of carbonyl (C=O) groups excluding carboxylic acids is 1. The summed E-state index contributed by atoms with van der Waals surface area (Å²) in [6.45, 7) is 4.07. The first-order valence-electron chi connectivity index (χ1n) is 3.05. The van der Waals surface area contributed by atoms with Gasteiger partial charge in [-0.05, 0) is 6.92 Å². The lowest BCUT2D eigenvalue weighted by Gasteiger charge is -1.93. The lowest BCUT2D eigenvalue weighted by atomic mass is 10.5. The molecule has 0 spiro atoms. The molecule has 0 bridgehead atoms. The van der Waals surface area contributed by atoms with E-state index in [2.05, 4.69) is 4.74 Å². The quantitative estimate of drug-likeness (QED) is 0.483. The Bertz CT molecular complexity index is 120. The van der Waals surface area contributed by atoms with Crippen molar-refractivity contribution in [2.75, 3.05) is 6.61 Å². The zero-order valence-electron chi connectivity index (χ0n) is 6.48. The molecule has 2 N–H and O–H groups in total. The molecule has 11 heavy (non-hydrogen) atoms. The van der Waals surface area contributed by atoms with Gasteiger partial charge in [-0.25, -0.2) is 0 Å². The molecule has 0 amide bonds. The third-order valence-electron chi connectivity index (χ3n) is 0.594. The Hall–Kier alpha value is -0.510. The van der Waals surface area contributed by atoms with Crippen molar-refractivity contribution in [2.45, 2.75) is 20.3 Å². The summed E-state index contributed by atoms with van der Waals surface area (Å²) in [7, 11) is -2.87. The van der Waals surface area contributed by atoms with E-state index in [1.54, 1.807) is 13.8 Å².